The molecule has 2 heterocycles. The minimum absolute atomic E-state index is 0.0965. The highest BCUT2D eigenvalue weighted by Crippen LogP contribution is 2.47. The van der Waals surface area contributed by atoms with Gasteiger partial charge in [0, 0.05) is 10.6 Å². The summed E-state index contributed by atoms with van der Waals surface area (Å²) in [4.78, 5) is 32.6. The molecular formula is C26H18BrClN2O5S. The van der Waals surface area contributed by atoms with Crippen LogP contribution in [-0.4, -0.2) is 34.0 Å². The number of ketones is 1. The number of carbonyl (C=O) groups is 2. The number of thiazole rings is 1. The zero-order valence-electron chi connectivity index (χ0n) is 19.0. The molecule has 36 heavy (non-hydrogen) atoms. The van der Waals surface area contributed by atoms with Crippen LogP contribution in [0.25, 0.3) is 16.0 Å². The number of phenols is 1. The molecule has 182 valence electrons. The topological polar surface area (TPSA) is 100.0 Å². The summed E-state index contributed by atoms with van der Waals surface area (Å²) < 4.78 is 6.34. The van der Waals surface area contributed by atoms with Gasteiger partial charge in [-0.25, -0.2) is 4.98 Å². The summed E-state index contributed by atoms with van der Waals surface area (Å²) in [6.45, 7) is 1.91. The number of amides is 1. The molecule has 1 aliphatic rings. The Bertz CT molecular complexity index is 1580. The molecule has 0 radical (unpaired) electrons. The Hall–Kier alpha value is -3.40. The predicted molar refractivity (Wildman–Crippen MR) is 143 cm³/mol. The van der Waals surface area contributed by atoms with E-state index in [4.69, 9.17) is 16.3 Å². The second-order valence-electron chi connectivity index (χ2n) is 8.20. The lowest BCUT2D eigenvalue weighted by atomic mass is 9.95. The predicted octanol–water partition coefficient (Wildman–Crippen LogP) is 6.36. The first kappa shape index (κ1) is 24.3. The molecule has 1 aliphatic heterocycles. The Morgan fingerprint density at radius 1 is 1.14 bits per heavy atom. The second-order valence-corrected chi connectivity index (χ2v) is 10.5. The van der Waals surface area contributed by atoms with Crippen LogP contribution >= 0.6 is 38.9 Å². The molecule has 1 fully saturated rings. The minimum atomic E-state index is -1.03. The molecule has 3 aromatic carbocycles. The van der Waals surface area contributed by atoms with Crippen LogP contribution in [-0.2, 0) is 9.59 Å². The van der Waals surface area contributed by atoms with Gasteiger partial charge in [-0.05, 0) is 58.7 Å². The molecule has 10 heteroatoms. The third-order valence-electron chi connectivity index (χ3n) is 5.90. The van der Waals surface area contributed by atoms with Crippen molar-refractivity contribution < 1.29 is 24.5 Å². The average Bonchev–Trinajstić information content (AvgIpc) is 3.38. The third-order valence-corrected chi connectivity index (χ3v) is 7.76. The van der Waals surface area contributed by atoms with Crippen molar-refractivity contribution in [2.45, 2.75) is 13.0 Å². The Kier molecular flexibility index (Phi) is 6.23. The number of halogens is 2. The molecule has 0 bridgehead atoms. The fourth-order valence-electron chi connectivity index (χ4n) is 4.11. The van der Waals surface area contributed by atoms with Crippen LogP contribution in [0.3, 0.4) is 0 Å². The van der Waals surface area contributed by atoms with Gasteiger partial charge >= 0.3 is 5.91 Å². The Balaban J connectivity index is 1.77. The van der Waals surface area contributed by atoms with Crippen LogP contribution in [0.1, 0.15) is 22.7 Å². The second kappa shape index (κ2) is 9.24. The van der Waals surface area contributed by atoms with E-state index in [1.54, 1.807) is 48.5 Å². The van der Waals surface area contributed by atoms with E-state index >= 15 is 0 Å². The van der Waals surface area contributed by atoms with Crippen molar-refractivity contribution in [3.05, 3.63) is 86.4 Å². The number of hydrogen-bond acceptors (Lipinski definition) is 7. The molecule has 1 saturated heterocycles. The number of fused-ring (bicyclic) bond motifs is 1. The van der Waals surface area contributed by atoms with Crippen LogP contribution in [0.2, 0.25) is 5.02 Å². The highest BCUT2D eigenvalue weighted by Gasteiger charge is 2.48. The number of aliphatic hydroxyl groups is 1. The maximum atomic E-state index is 13.4. The lowest BCUT2D eigenvalue weighted by molar-refractivity contribution is -0.132. The minimum Gasteiger partial charge on any atom is -0.507 e. The number of Topliss-reactive ketones (excluding diaryl/α,β-unsaturated/α-hetero) is 1. The highest BCUT2D eigenvalue weighted by atomic mass is 79.9. The molecule has 0 spiro atoms. The normalized spacial score (nSPS) is 17.2. The molecule has 1 unspecified atom stereocenters. The maximum absolute atomic E-state index is 13.4. The summed E-state index contributed by atoms with van der Waals surface area (Å²) in [6, 6.07) is 14.2. The number of phenolic OH excluding ortho intramolecular Hbond substituents is 1. The standard InChI is InChI=1S/C26H18BrClN2O5S/c1-12-3-5-13(6-4-12)22(31)20-21(14-9-16(27)23(32)18(10-14)35-2)30(25(34)24(20)33)26-29-17-8-7-15(28)11-19(17)36-26/h3-11,21,31-32H,1-2H3/b22-20+. The number of aromatic hydroxyl groups is 1. The highest BCUT2D eigenvalue weighted by molar-refractivity contribution is 9.10. The summed E-state index contributed by atoms with van der Waals surface area (Å²) >= 11 is 10.6. The number of ether oxygens (including phenoxy) is 1. The number of aryl methyl sites for hydroxylation is 1. The van der Waals surface area contributed by atoms with E-state index in [1.165, 1.54) is 29.4 Å². The fraction of sp³-hybridized carbons (Fsp3) is 0.115. The van der Waals surface area contributed by atoms with Crippen molar-refractivity contribution in [2.75, 3.05) is 12.0 Å². The first-order valence-electron chi connectivity index (χ1n) is 10.7. The van der Waals surface area contributed by atoms with Gasteiger partial charge in [0.15, 0.2) is 16.6 Å². The van der Waals surface area contributed by atoms with Gasteiger partial charge in [0.05, 0.1) is 33.4 Å². The van der Waals surface area contributed by atoms with Gasteiger partial charge in [-0.3, -0.25) is 14.5 Å². The number of nitrogens with zero attached hydrogens (tertiary/aromatic N) is 2. The Morgan fingerprint density at radius 3 is 2.56 bits per heavy atom. The molecule has 0 saturated carbocycles. The van der Waals surface area contributed by atoms with E-state index in [-0.39, 0.29) is 28.0 Å². The number of benzene rings is 3. The largest absolute Gasteiger partial charge is 0.507 e. The van der Waals surface area contributed by atoms with Gasteiger partial charge in [-0.15, -0.1) is 0 Å². The van der Waals surface area contributed by atoms with E-state index in [0.29, 0.717) is 26.1 Å². The van der Waals surface area contributed by atoms with E-state index in [1.807, 2.05) is 6.92 Å². The summed E-state index contributed by atoms with van der Waals surface area (Å²) in [5.41, 5.74) is 2.32. The number of rotatable bonds is 4. The van der Waals surface area contributed by atoms with Crippen molar-refractivity contribution in [2.24, 2.45) is 0 Å². The van der Waals surface area contributed by atoms with Crippen molar-refractivity contribution in [1.82, 2.24) is 4.98 Å². The molecular weight excluding hydrogens is 568 g/mol. The summed E-state index contributed by atoms with van der Waals surface area (Å²) in [5, 5.41) is 22.4. The van der Waals surface area contributed by atoms with Crippen LogP contribution in [0.5, 0.6) is 11.5 Å². The molecule has 2 N–H and O–H groups in total. The smallest absolute Gasteiger partial charge is 0.301 e. The van der Waals surface area contributed by atoms with E-state index < -0.39 is 17.7 Å². The van der Waals surface area contributed by atoms with Gasteiger partial charge in [0.1, 0.15) is 5.76 Å². The summed E-state index contributed by atoms with van der Waals surface area (Å²) in [5.74, 6) is -1.99. The zero-order chi connectivity index (χ0) is 25.7. The lowest BCUT2D eigenvalue weighted by Gasteiger charge is -2.24. The first-order chi connectivity index (χ1) is 17.2. The number of aromatic nitrogens is 1. The van der Waals surface area contributed by atoms with E-state index in [2.05, 4.69) is 20.9 Å². The molecule has 1 aromatic heterocycles. The lowest BCUT2D eigenvalue weighted by Crippen LogP contribution is -2.29. The molecule has 7 nitrogen and oxygen atoms in total. The summed E-state index contributed by atoms with van der Waals surface area (Å²) in [6.07, 6.45) is 0. The first-order valence-corrected chi connectivity index (χ1v) is 12.7. The van der Waals surface area contributed by atoms with Crippen LogP contribution in [0, 0.1) is 6.92 Å². The van der Waals surface area contributed by atoms with Gasteiger partial charge in [-0.2, -0.15) is 0 Å². The van der Waals surface area contributed by atoms with Crippen molar-refractivity contribution in [1.29, 1.82) is 0 Å². The Labute approximate surface area is 223 Å². The van der Waals surface area contributed by atoms with Crippen LogP contribution < -0.4 is 9.64 Å². The van der Waals surface area contributed by atoms with Crippen LogP contribution in [0.4, 0.5) is 5.13 Å². The van der Waals surface area contributed by atoms with Crippen molar-refractivity contribution >= 4 is 71.7 Å². The fourth-order valence-corrected chi connectivity index (χ4v) is 5.84. The SMILES string of the molecule is COc1cc(C2/C(=C(\O)c3ccc(C)cc3)C(=O)C(=O)N2c2nc3ccc(Cl)cc3s2)cc(Br)c1O. The van der Waals surface area contributed by atoms with Crippen molar-refractivity contribution in [3.63, 3.8) is 0 Å². The number of aliphatic hydroxyl groups excluding tert-OH is 1. The van der Waals surface area contributed by atoms with Gasteiger partial charge in [0.2, 0.25) is 0 Å². The number of methoxy groups -OCH3 is 1. The molecule has 0 aliphatic carbocycles. The summed E-state index contributed by atoms with van der Waals surface area (Å²) in [7, 11) is 1.39. The Morgan fingerprint density at radius 2 is 1.86 bits per heavy atom. The van der Waals surface area contributed by atoms with E-state index in [0.717, 1.165) is 10.3 Å². The third kappa shape index (κ3) is 4.03. The quantitative estimate of drug-likeness (QED) is 0.164. The van der Waals surface area contributed by atoms with E-state index in [9.17, 15) is 19.8 Å². The zero-order valence-corrected chi connectivity index (χ0v) is 22.1. The molecule has 1 atom stereocenters. The number of anilines is 1. The molecule has 5 rings (SSSR count). The molecule has 4 aromatic rings. The van der Waals surface area contributed by atoms with Crippen LogP contribution in [0.15, 0.2) is 64.6 Å². The van der Waals surface area contributed by atoms with Gasteiger partial charge < -0.3 is 14.9 Å². The maximum Gasteiger partial charge on any atom is 0.301 e. The van der Waals surface area contributed by atoms with Gasteiger partial charge in [0.25, 0.3) is 5.78 Å². The molecule has 1 amide bonds. The number of hydrogen-bond donors (Lipinski definition) is 2. The van der Waals surface area contributed by atoms with Gasteiger partial charge in [-0.1, -0.05) is 52.8 Å². The monoisotopic (exact) mass is 584 g/mol. The average molecular weight is 586 g/mol. The van der Waals surface area contributed by atoms with Crippen molar-refractivity contribution in [3.8, 4) is 11.5 Å². The number of carbonyl (C=O) groups excluding carboxylic acids is 2.